The Labute approximate surface area is 109 Å². The number of ether oxygens (including phenoxy) is 1. The van der Waals surface area contributed by atoms with E-state index in [9.17, 15) is 4.79 Å². The Hall–Kier alpha value is -1.26. The van der Waals surface area contributed by atoms with E-state index in [-0.39, 0.29) is 12.3 Å². The van der Waals surface area contributed by atoms with E-state index in [0.717, 1.165) is 5.56 Å². The molecule has 0 bridgehead atoms. The molecule has 0 aliphatic carbocycles. The number of hydrogen-bond acceptors (Lipinski definition) is 4. The van der Waals surface area contributed by atoms with Crippen LogP contribution in [0.3, 0.4) is 0 Å². The highest BCUT2D eigenvalue weighted by Crippen LogP contribution is 2.05. The van der Waals surface area contributed by atoms with Gasteiger partial charge in [0, 0.05) is 0 Å². The molecule has 92 valence electrons. The zero-order valence-electron chi connectivity index (χ0n) is 9.10. The predicted octanol–water partition coefficient (Wildman–Crippen LogP) is 3.52. The van der Waals surface area contributed by atoms with E-state index in [0.29, 0.717) is 0 Å². The maximum Gasteiger partial charge on any atom is 0.535 e. The number of oxime groups is 1. The first kappa shape index (κ1) is 13.8. The van der Waals surface area contributed by atoms with Crippen molar-refractivity contribution in [2.24, 2.45) is 5.16 Å². The zero-order valence-corrected chi connectivity index (χ0v) is 10.6. The van der Waals surface area contributed by atoms with Crippen LogP contribution in [-0.4, -0.2) is 16.7 Å². The minimum Gasteiger partial charge on any atom is -0.428 e. The van der Waals surface area contributed by atoms with Crippen LogP contribution >= 0.6 is 23.2 Å². The van der Waals surface area contributed by atoms with E-state index in [2.05, 4.69) is 9.99 Å². The normalized spacial score (nSPS) is 11.4. The number of halogens is 2. The Kier molecular flexibility index (Phi) is 5.80. The third kappa shape index (κ3) is 5.56. The Morgan fingerprint density at radius 2 is 2.00 bits per heavy atom. The largest absolute Gasteiger partial charge is 0.535 e. The van der Waals surface area contributed by atoms with Crippen LogP contribution in [0.2, 0.25) is 0 Å². The minimum absolute atomic E-state index is 0.124. The van der Waals surface area contributed by atoms with E-state index >= 15 is 0 Å². The topological polar surface area (TPSA) is 47.9 Å². The molecule has 0 aliphatic rings. The van der Waals surface area contributed by atoms with Gasteiger partial charge in [0.1, 0.15) is 11.4 Å². The van der Waals surface area contributed by atoms with Gasteiger partial charge in [0.25, 0.3) is 0 Å². The summed E-state index contributed by atoms with van der Waals surface area (Å²) in [6.45, 7) is 1.66. The molecule has 0 saturated carbocycles. The molecule has 0 N–H and O–H groups in total. The van der Waals surface area contributed by atoms with Crippen molar-refractivity contribution in [2.45, 2.75) is 18.4 Å². The summed E-state index contributed by atoms with van der Waals surface area (Å²) in [6, 6.07) is 9.22. The lowest BCUT2D eigenvalue weighted by atomic mass is 10.2. The summed E-state index contributed by atoms with van der Waals surface area (Å²) < 4.78 is 4.80. The number of hydrogen-bond donors (Lipinski definition) is 0. The monoisotopic (exact) mass is 275 g/mol. The van der Waals surface area contributed by atoms with Crippen LogP contribution in [0.25, 0.3) is 0 Å². The molecule has 17 heavy (non-hydrogen) atoms. The van der Waals surface area contributed by atoms with Gasteiger partial charge in [-0.3, -0.25) is 4.84 Å². The fourth-order valence-electron chi connectivity index (χ4n) is 0.892. The molecule has 0 unspecified atom stereocenters. The van der Waals surface area contributed by atoms with Crippen molar-refractivity contribution < 1.29 is 14.4 Å². The first-order chi connectivity index (χ1) is 8.09. The SMILES string of the molecule is CC(=NOC(=O)OCc1ccccc1)C(Cl)Cl. The summed E-state index contributed by atoms with van der Waals surface area (Å²) in [5.74, 6) is 0. The van der Waals surface area contributed by atoms with Crippen LogP contribution in [0.4, 0.5) is 4.79 Å². The Balaban J connectivity index is 2.34. The highest BCUT2D eigenvalue weighted by Gasteiger charge is 2.07. The molecule has 0 aliphatic heterocycles. The summed E-state index contributed by atoms with van der Waals surface area (Å²) in [6.07, 6.45) is -0.901. The van der Waals surface area contributed by atoms with Crippen LogP contribution in [0.1, 0.15) is 12.5 Å². The molecule has 0 saturated heterocycles. The molecule has 0 amide bonds. The molecule has 1 aromatic carbocycles. The average molecular weight is 276 g/mol. The Morgan fingerprint density at radius 3 is 2.59 bits per heavy atom. The van der Waals surface area contributed by atoms with Gasteiger partial charge in [0.05, 0.1) is 5.71 Å². The molecule has 0 aromatic heterocycles. The molecule has 0 fully saturated rings. The van der Waals surface area contributed by atoms with E-state index < -0.39 is 11.0 Å². The third-order valence-corrected chi connectivity index (χ3v) is 2.41. The third-order valence-electron chi connectivity index (χ3n) is 1.78. The van der Waals surface area contributed by atoms with Crippen molar-refractivity contribution in [1.29, 1.82) is 0 Å². The highest BCUT2D eigenvalue weighted by molar-refractivity contribution is 6.54. The summed E-state index contributed by atoms with van der Waals surface area (Å²) >= 11 is 11.0. The zero-order chi connectivity index (χ0) is 12.7. The van der Waals surface area contributed by atoms with Crippen LogP contribution in [0.15, 0.2) is 35.5 Å². The fourth-order valence-corrected chi connectivity index (χ4v) is 0.972. The number of nitrogens with zero attached hydrogens (tertiary/aromatic N) is 1. The number of carbonyl (C=O) groups is 1. The maximum atomic E-state index is 11.1. The highest BCUT2D eigenvalue weighted by atomic mass is 35.5. The van der Waals surface area contributed by atoms with Crippen molar-refractivity contribution in [1.82, 2.24) is 0 Å². The van der Waals surface area contributed by atoms with Crippen molar-refractivity contribution >= 4 is 35.1 Å². The summed E-state index contributed by atoms with van der Waals surface area (Å²) in [7, 11) is 0. The van der Waals surface area contributed by atoms with Crippen molar-refractivity contribution in [3.63, 3.8) is 0 Å². The van der Waals surface area contributed by atoms with E-state index in [1.165, 1.54) is 6.92 Å². The average Bonchev–Trinajstić information content (AvgIpc) is 2.34. The van der Waals surface area contributed by atoms with Crippen LogP contribution in [-0.2, 0) is 16.2 Å². The van der Waals surface area contributed by atoms with Crippen molar-refractivity contribution in [3.8, 4) is 0 Å². The molecule has 0 atom stereocenters. The molecule has 1 rings (SSSR count). The Bertz CT molecular complexity index is 393. The molecule has 4 nitrogen and oxygen atoms in total. The first-order valence-corrected chi connectivity index (χ1v) is 5.67. The quantitative estimate of drug-likeness (QED) is 0.278. The lowest BCUT2D eigenvalue weighted by Crippen LogP contribution is -2.08. The number of alkyl halides is 2. The standard InChI is InChI=1S/C11H11Cl2NO3/c1-8(10(12)13)14-17-11(15)16-7-9-5-3-2-4-6-9/h2-6,10H,7H2,1H3. The number of benzene rings is 1. The lowest BCUT2D eigenvalue weighted by molar-refractivity contribution is 0.0518. The lowest BCUT2D eigenvalue weighted by Gasteiger charge is -2.03. The molecule has 1 aromatic rings. The van der Waals surface area contributed by atoms with Gasteiger partial charge in [-0.2, -0.15) is 0 Å². The first-order valence-electron chi connectivity index (χ1n) is 4.80. The van der Waals surface area contributed by atoms with Gasteiger partial charge < -0.3 is 4.74 Å². The van der Waals surface area contributed by atoms with Crippen molar-refractivity contribution in [2.75, 3.05) is 0 Å². The molecule has 0 radical (unpaired) electrons. The Morgan fingerprint density at radius 1 is 1.35 bits per heavy atom. The number of rotatable bonds is 4. The summed E-state index contributed by atoms with van der Waals surface area (Å²) in [5, 5.41) is 3.41. The van der Waals surface area contributed by atoms with Gasteiger partial charge in [-0.05, 0) is 12.5 Å². The van der Waals surface area contributed by atoms with Gasteiger partial charge in [0.2, 0.25) is 0 Å². The molecule has 0 spiro atoms. The molecule has 6 heteroatoms. The van der Waals surface area contributed by atoms with Gasteiger partial charge in [-0.25, -0.2) is 4.79 Å². The smallest absolute Gasteiger partial charge is 0.428 e. The molecular weight excluding hydrogens is 265 g/mol. The van der Waals surface area contributed by atoms with Gasteiger partial charge in [-0.15, -0.1) is 0 Å². The van der Waals surface area contributed by atoms with Crippen LogP contribution < -0.4 is 0 Å². The molecule has 0 heterocycles. The van der Waals surface area contributed by atoms with Crippen LogP contribution in [0, 0.1) is 0 Å². The second-order valence-corrected chi connectivity index (χ2v) is 4.25. The van der Waals surface area contributed by atoms with Gasteiger partial charge in [-0.1, -0.05) is 58.7 Å². The van der Waals surface area contributed by atoms with E-state index in [1.54, 1.807) is 0 Å². The van der Waals surface area contributed by atoms with E-state index in [1.807, 2.05) is 30.3 Å². The fraction of sp³-hybridized carbons (Fsp3) is 0.273. The number of carbonyl (C=O) groups excluding carboxylic acids is 1. The van der Waals surface area contributed by atoms with Gasteiger partial charge >= 0.3 is 6.16 Å². The van der Waals surface area contributed by atoms with Crippen LogP contribution in [0.5, 0.6) is 0 Å². The second kappa shape index (κ2) is 7.14. The molecular formula is C11H11Cl2NO3. The van der Waals surface area contributed by atoms with E-state index in [4.69, 9.17) is 27.9 Å². The maximum absolute atomic E-state index is 11.1. The minimum atomic E-state index is -0.901. The second-order valence-electron chi connectivity index (χ2n) is 3.15. The van der Waals surface area contributed by atoms with Gasteiger partial charge in [0.15, 0.2) is 0 Å². The van der Waals surface area contributed by atoms with Crippen molar-refractivity contribution in [3.05, 3.63) is 35.9 Å². The predicted molar refractivity (Wildman–Crippen MR) is 66.3 cm³/mol. The summed E-state index contributed by atoms with van der Waals surface area (Å²) in [5.41, 5.74) is 1.14. The summed E-state index contributed by atoms with van der Waals surface area (Å²) in [4.78, 5) is 14.7.